The van der Waals surface area contributed by atoms with E-state index in [1.165, 1.54) is 6.26 Å². The normalized spacial score (nSPS) is 12.1. The molecule has 0 atom stereocenters. The monoisotopic (exact) mass is 224 g/mol. The fourth-order valence-electron chi connectivity index (χ4n) is 1.46. The molecule has 0 fully saturated rings. The van der Waals surface area contributed by atoms with Gasteiger partial charge in [0.05, 0.1) is 24.0 Å². The van der Waals surface area contributed by atoms with E-state index in [2.05, 4.69) is 5.10 Å². The fourth-order valence-corrected chi connectivity index (χ4v) is 1.96. The molecular weight excluding hydrogens is 212 g/mol. The molecule has 0 amide bonds. The van der Waals surface area contributed by atoms with Gasteiger partial charge in [-0.05, 0) is 6.07 Å². The fraction of sp³-hybridized carbons (Fsp3) is 0.300. The average molecular weight is 224 g/mol. The van der Waals surface area contributed by atoms with Crippen molar-refractivity contribution in [2.24, 2.45) is 0 Å². The first-order valence-corrected chi connectivity index (χ1v) is 6.70. The first kappa shape index (κ1) is 10.2. The number of aromatic nitrogens is 2. The van der Waals surface area contributed by atoms with Crippen LogP contribution >= 0.6 is 0 Å². The Labute approximate surface area is 88.4 Å². The Balaban J connectivity index is 2.29. The van der Waals surface area contributed by atoms with Gasteiger partial charge in [0.15, 0.2) is 0 Å². The van der Waals surface area contributed by atoms with Crippen molar-refractivity contribution in [3.63, 3.8) is 0 Å². The Morgan fingerprint density at radius 2 is 2.07 bits per heavy atom. The minimum Gasteiger partial charge on any atom is -0.264 e. The maximum Gasteiger partial charge on any atom is 0.149 e. The molecule has 15 heavy (non-hydrogen) atoms. The van der Waals surface area contributed by atoms with E-state index in [4.69, 9.17) is 0 Å². The van der Waals surface area contributed by atoms with E-state index in [-0.39, 0.29) is 5.75 Å². The van der Waals surface area contributed by atoms with Crippen LogP contribution in [0.25, 0.3) is 10.9 Å². The van der Waals surface area contributed by atoms with Crippen LogP contribution in [0, 0.1) is 0 Å². The van der Waals surface area contributed by atoms with E-state index in [1.54, 1.807) is 10.9 Å². The second-order valence-electron chi connectivity index (χ2n) is 3.56. The summed E-state index contributed by atoms with van der Waals surface area (Å²) < 4.78 is 23.8. The van der Waals surface area contributed by atoms with E-state index in [9.17, 15) is 8.42 Å². The number of benzene rings is 1. The van der Waals surface area contributed by atoms with Crippen LogP contribution in [0.15, 0.2) is 30.5 Å². The van der Waals surface area contributed by atoms with Crippen LogP contribution in [0.5, 0.6) is 0 Å². The topological polar surface area (TPSA) is 52.0 Å². The molecule has 0 N–H and O–H groups in total. The van der Waals surface area contributed by atoms with Crippen LogP contribution in [0.2, 0.25) is 0 Å². The molecule has 0 aliphatic rings. The Kier molecular flexibility index (Phi) is 2.48. The van der Waals surface area contributed by atoms with E-state index in [0.29, 0.717) is 6.54 Å². The molecule has 4 nitrogen and oxygen atoms in total. The minimum absolute atomic E-state index is 0.124. The van der Waals surface area contributed by atoms with Crippen molar-refractivity contribution < 1.29 is 8.42 Å². The number of rotatable bonds is 3. The summed E-state index contributed by atoms with van der Waals surface area (Å²) in [5, 5.41) is 5.18. The number of aryl methyl sites for hydroxylation is 1. The second-order valence-corrected chi connectivity index (χ2v) is 5.82. The smallest absolute Gasteiger partial charge is 0.149 e. The molecule has 1 aromatic heterocycles. The molecule has 0 aliphatic heterocycles. The highest BCUT2D eigenvalue weighted by molar-refractivity contribution is 7.90. The highest BCUT2D eigenvalue weighted by atomic mass is 32.2. The number of hydrogen-bond acceptors (Lipinski definition) is 3. The summed E-state index contributed by atoms with van der Waals surface area (Å²) >= 11 is 0. The van der Waals surface area contributed by atoms with Gasteiger partial charge in [0.1, 0.15) is 9.84 Å². The molecule has 0 saturated heterocycles. The molecular formula is C10H12N2O2S. The van der Waals surface area contributed by atoms with Gasteiger partial charge in [0.25, 0.3) is 0 Å². The summed E-state index contributed by atoms with van der Waals surface area (Å²) in [6, 6.07) is 7.75. The van der Waals surface area contributed by atoms with Gasteiger partial charge in [-0.2, -0.15) is 5.10 Å². The third-order valence-electron chi connectivity index (χ3n) is 2.22. The molecule has 80 valence electrons. The zero-order valence-corrected chi connectivity index (χ0v) is 9.24. The molecule has 2 aromatic rings. The maximum atomic E-state index is 11.0. The van der Waals surface area contributed by atoms with Crippen molar-refractivity contribution in [1.29, 1.82) is 0 Å². The number of sulfone groups is 1. The first-order valence-electron chi connectivity index (χ1n) is 4.64. The molecule has 1 heterocycles. The molecule has 0 bridgehead atoms. The van der Waals surface area contributed by atoms with Gasteiger partial charge in [-0.1, -0.05) is 18.2 Å². The largest absolute Gasteiger partial charge is 0.264 e. The lowest BCUT2D eigenvalue weighted by molar-refractivity contribution is 0.589. The summed E-state index contributed by atoms with van der Waals surface area (Å²) in [5.74, 6) is 0.124. The zero-order valence-electron chi connectivity index (χ0n) is 8.42. The third kappa shape index (κ3) is 2.36. The summed E-state index contributed by atoms with van der Waals surface area (Å²) in [6.07, 6.45) is 2.98. The summed E-state index contributed by atoms with van der Waals surface area (Å²) in [5.41, 5.74) is 0.973. The van der Waals surface area contributed by atoms with Crippen molar-refractivity contribution in [3.8, 4) is 0 Å². The van der Waals surface area contributed by atoms with Gasteiger partial charge in [-0.15, -0.1) is 0 Å². The highest BCUT2D eigenvalue weighted by Crippen LogP contribution is 2.12. The van der Waals surface area contributed by atoms with Gasteiger partial charge in [-0.25, -0.2) is 8.42 Å². The quantitative estimate of drug-likeness (QED) is 0.784. The molecule has 1 aromatic carbocycles. The maximum absolute atomic E-state index is 11.0. The molecule has 0 unspecified atom stereocenters. The lowest BCUT2D eigenvalue weighted by Crippen LogP contribution is -2.11. The van der Waals surface area contributed by atoms with Crippen molar-refractivity contribution in [1.82, 2.24) is 9.78 Å². The number of para-hydroxylation sites is 1. The van der Waals surface area contributed by atoms with Gasteiger partial charge in [0.2, 0.25) is 0 Å². The van der Waals surface area contributed by atoms with E-state index in [0.717, 1.165) is 10.9 Å². The van der Waals surface area contributed by atoms with E-state index < -0.39 is 9.84 Å². The molecule has 2 rings (SSSR count). The van der Waals surface area contributed by atoms with Crippen LogP contribution in [0.3, 0.4) is 0 Å². The first-order chi connectivity index (χ1) is 7.06. The van der Waals surface area contributed by atoms with Crippen LogP contribution in [0.4, 0.5) is 0 Å². The number of fused-ring (bicyclic) bond motifs is 1. The molecule has 0 radical (unpaired) electrons. The second kappa shape index (κ2) is 3.66. The predicted molar refractivity (Wildman–Crippen MR) is 59.4 cm³/mol. The number of hydrogen-bond donors (Lipinski definition) is 0. The highest BCUT2D eigenvalue weighted by Gasteiger charge is 2.05. The SMILES string of the molecule is CS(=O)(=O)CCn1ncc2ccccc21. The molecule has 0 spiro atoms. The predicted octanol–water partition coefficient (Wildman–Crippen LogP) is 1.08. The van der Waals surface area contributed by atoms with Gasteiger partial charge in [0, 0.05) is 11.6 Å². The van der Waals surface area contributed by atoms with Crippen LogP contribution in [-0.2, 0) is 16.4 Å². The zero-order chi connectivity index (χ0) is 10.9. The van der Waals surface area contributed by atoms with Crippen LogP contribution in [-0.4, -0.2) is 30.2 Å². The van der Waals surface area contributed by atoms with E-state index >= 15 is 0 Å². The summed E-state index contributed by atoms with van der Waals surface area (Å²) in [7, 11) is -2.93. The minimum atomic E-state index is -2.93. The third-order valence-corrected chi connectivity index (χ3v) is 3.15. The van der Waals surface area contributed by atoms with Crippen LogP contribution in [0.1, 0.15) is 0 Å². The van der Waals surface area contributed by atoms with Crippen molar-refractivity contribution in [2.45, 2.75) is 6.54 Å². The van der Waals surface area contributed by atoms with Crippen molar-refractivity contribution in [2.75, 3.05) is 12.0 Å². The average Bonchev–Trinajstić information content (AvgIpc) is 2.57. The van der Waals surface area contributed by atoms with Gasteiger partial charge >= 0.3 is 0 Å². The standard InChI is InChI=1S/C10H12N2O2S/c1-15(13,14)7-6-12-10-5-3-2-4-9(10)8-11-12/h2-5,8H,6-7H2,1H3. The number of nitrogens with zero attached hydrogens (tertiary/aromatic N) is 2. The van der Waals surface area contributed by atoms with Gasteiger partial charge < -0.3 is 0 Å². The Morgan fingerprint density at radius 1 is 1.33 bits per heavy atom. The van der Waals surface area contributed by atoms with E-state index in [1.807, 2.05) is 24.3 Å². The van der Waals surface area contributed by atoms with Crippen LogP contribution < -0.4 is 0 Å². The lowest BCUT2D eigenvalue weighted by Gasteiger charge is -2.01. The van der Waals surface area contributed by atoms with Crippen molar-refractivity contribution in [3.05, 3.63) is 30.5 Å². The Hall–Kier alpha value is -1.36. The summed E-state index contributed by atoms with van der Waals surface area (Å²) in [4.78, 5) is 0. The summed E-state index contributed by atoms with van der Waals surface area (Å²) in [6.45, 7) is 0.409. The Bertz CT molecular complexity index is 572. The van der Waals surface area contributed by atoms with Gasteiger partial charge in [-0.3, -0.25) is 4.68 Å². The lowest BCUT2D eigenvalue weighted by atomic mass is 10.3. The molecule has 0 saturated carbocycles. The van der Waals surface area contributed by atoms with Crippen molar-refractivity contribution >= 4 is 20.7 Å². The molecule has 0 aliphatic carbocycles. The molecule has 5 heteroatoms. The Morgan fingerprint density at radius 3 is 2.80 bits per heavy atom.